The Labute approximate surface area is 185 Å². The van der Waals surface area contributed by atoms with Gasteiger partial charge in [-0.3, -0.25) is 18.7 Å². The quantitative estimate of drug-likeness (QED) is 0.595. The van der Waals surface area contributed by atoms with Crippen molar-refractivity contribution in [3.63, 3.8) is 0 Å². The van der Waals surface area contributed by atoms with Crippen molar-refractivity contribution in [1.29, 1.82) is 0 Å². The summed E-state index contributed by atoms with van der Waals surface area (Å²) in [7, 11) is 3.06. The predicted octanol–water partition coefficient (Wildman–Crippen LogP) is 3.18. The molecule has 0 radical (unpaired) electrons. The van der Waals surface area contributed by atoms with Gasteiger partial charge < -0.3 is 5.32 Å². The lowest BCUT2D eigenvalue weighted by Gasteiger charge is -2.15. The number of aryl methyl sites for hydroxylation is 3. The van der Waals surface area contributed by atoms with E-state index in [-0.39, 0.29) is 11.7 Å². The highest BCUT2D eigenvalue weighted by molar-refractivity contribution is 8.00. The standard InChI is InChI=1S/C23H28N4O3S/c1-13(2)7-16-11-24-21-19(22(29)27(6)23(30)26(21)5)20(16)31-12-18(28)25-17-9-14(3)8-15(4)10-17/h8-11,13H,7,12H2,1-6H3,(H,25,28). The second kappa shape index (κ2) is 9.09. The van der Waals surface area contributed by atoms with E-state index in [0.717, 1.165) is 33.4 Å². The molecule has 2 aromatic heterocycles. The number of thioether (sulfide) groups is 1. The maximum absolute atomic E-state index is 13.0. The zero-order valence-electron chi connectivity index (χ0n) is 18.8. The molecule has 164 valence electrons. The summed E-state index contributed by atoms with van der Waals surface area (Å²) in [5, 5.41) is 3.32. The van der Waals surface area contributed by atoms with E-state index >= 15 is 0 Å². The molecule has 0 saturated heterocycles. The van der Waals surface area contributed by atoms with Crippen LogP contribution >= 0.6 is 11.8 Å². The number of nitrogens with zero attached hydrogens (tertiary/aromatic N) is 3. The van der Waals surface area contributed by atoms with Crippen molar-refractivity contribution >= 4 is 34.4 Å². The van der Waals surface area contributed by atoms with E-state index in [1.54, 1.807) is 13.2 Å². The van der Waals surface area contributed by atoms with Crippen LogP contribution in [0.15, 0.2) is 38.9 Å². The van der Waals surface area contributed by atoms with Crippen molar-refractivity contribution in [3.8, 4) is 0 Å². The van der Waals surface area contributed by atoms with Gasteiger partial charge in [0.25, 0.3) is 5.56 Å². The van der Waals surface area contributed by atoms with Crippen molar-refractivity contribution in [2.24, 2.45) is 20.0 Å². The number of nitrogens with one attached hydrogen (secondary N) is 1. The fourth-order valence-corrected chi connectivity index (χ4v) is 4.67. The average molecular weight is 441 g/mol. The Hall–Kier alpha value is -2.87. The Bertz CT molecular complexity index is 1250. The summed E-state index contributed by atoms with van der Waals surface area (Å²) in [4.78, 5) is 43.1. The third-order valence-electron chi connectivity index (χ3n) is 4.98. The molecule has 0 aliphatic rings. The lowest BCUT2D eigenvalue weighted by molar-refractivity contribution is -0.113. The van der Waals surface area contributed by atoms with Crippen molar-refractivity contribution in [2.75, 3.05) is 11.1 Å². The number of carbonyl (C=O) groups is 1. The van der Waals surface area contributed by atoms with E-state index < -0.39 is 11.2 Å². The number of amides is 1. The molecule has 0 aliphatic carbocycles. The summed E-state index contributed by atoms with van der Waals surface area (Å²) < 4.78 is 2.46. The Morgan fingerprint density at radius 3 is 2.35 bits per heavy atom. The molecule has 0 bridgehead atoms. The van der Waals surface area contributed by atoms with E-state index in [0.29, 0.717) is 21.8 Å². The molecular formula is C23H28N4O3S. The second-order valence-corrected chi connectivity index (χ2v) is 9.31. The number of aromatic nitrogens is 3. The Balaban J connectivity index is 2.00. The van der Waals surface area contributed by atoms with Gasteiger partial charge in [-0.1, -0.05) is 19.9 Å². The monoisotopic (exact) mass is 440 g/mol. The van der Waals surface area contributed by atoms with Crippen LogP contribution in [0.2, 0.25) is 0 Å². The zero-order valence-corrected chi connectivity index (χ0v) is 19.6. The first-order chi connectivity index (χ1) is 14.6. The van der Waals surface area contributed by atoms with Crippen molar-refractivity contribution in [1.82, 2.24) is 14.1 Å². The van der Waals surface area contributed by atoms with Crippen LogP contribution in [0.5, 0.6) is 0 Å². The summed E-state index contributed by atoms with van der Waals surface area (Å²) in [6, 6.07) is 5.89. The predicted molar refractivity (Wildman–Crippen MR) is 126 cm³/mol. The topological polar surface area (TPSA) is 86.0 Å². The highest BCUT2D eigenvalue weighted by Gasteiger charge is 2.19. The molecule has 0 fully saturated rings. The molecule has 3 aromatic rings. The number of rotatable bonds is 6. The molecule has 0 unspecified atom stereocenters. The highest BCUT2D eigenvalue weighted by atomic mass is 32.2. The van der Waals surface area contributed by atoms with Gasteiger partial charge in [0.1, 0.15) is 5.65 Å². The van der Waals surface area contributed by atoms with Crippen molar-refractivity contribution in [2.45, 2.75) is 39.0 Å². The van der Waals surface area contributed by atoms with E-state index in [4.69, 9.17) is 0 Å². The first kappa shape index (κ1) is 22.8. The van der Waals surface area contributed by atoms with Crippen LogP contribution in [0.25, 0.3) is 11.0 Å². The number of fused-ring (bicyclic) bond motifs is 1. The molecule has 1 N–H and O–H groups in total. The van der Waals surface area contributed by atoms with Gasteiger partial charge in [-0.05, 0) is 55.0 Å². The van der Waals surface area contributed by atoms with E-state index in [1.807, 2.05) is 32.0 Å². The number of anilines is 1. The third kappa shape index (κ3) is 4.90. The minimum atomic E-state index is -0.426. The van der Waals surface area contributed by atoms with Crippen LogP contribution in [0, 0.1) is 19.8 Å². The Kier molecular flexibility index (Phi) is 6.69. The number of hydrogen-bond acceptors (Lipinski definition) is 5. The van der Waals surface area contributed by atoms with Crippen LogP contribution in [0.4, 0.5) is 5.69 Å². The van der Waals surface area contributed by atoms with E-state index in [9.17, 15) is 14.4 Å². The van der Waals surface area contributed by atoms with Gasteiger partial charge in [-0.2, -0.15) is 0 Å². The molecule has 31 heavy (non-hydrogen) atoms. The molecule has 2 heterocycles. The third-order valence-corrected chi connectivity index (χ3v) is 6.14. The molecule has 3 rings (SSSR count). The maximum atomic E-state index is 13.0. The van der Waals surface area contributed by atoms with Crippen molar-refractivity contribution < 1.29 is 4.79 Å². The van der Waals surface area contributed by atoms with Gasteiger partial charge in [0.05, 0.1) is 11.1 Å². The summed E-state index contributed by atoms with van der Waals surface area (Å²) >= 11 is 1.31. The fourth-order valence-electron chi connectivity index (χ4n) is 3.67. The first-order valence-corrected chi connectivity index (χ1v) is 11.2. The Morgan fingerprint density at radius 2 is 1.74 bits per heavy atom. The average Bonchev–Trinajstić information content (AvgIpc) is 2.68. The molecule has 0 aliphatic heterocycles. The molecule has 8 heteroatoms. The van der Waals surface area contributed by atoms with Gasteiger partial charge in [-0.25, -0.2) is 9.78 Å². The molecule has 7 nitrogen and oxygen atoms in total. The summed E-state index contributed by atoms with van der Waals surface area (Å²) in [6.07, 6.45) is 2.43. The Morgan fingerprint density at radius 1 is 1.10 bits per heavy atom. The lowest BCUT2D eigenvalue weighted by Crippen LogP contribution is -2.37. The number of hydrogen-bond donors (Lipinski definition) is 1. The maximum Gasteiger partial charge on any atom is 0.332 e. The van der Waals surface area contributed by atoms with Crippen LogP contribution in [0.3, 0.4) is 0 Å². The smallest absolute Gasteiger partial charge is 0.325 e. The number of carbonyl (C=O) groups excluding carboxylic acids is 1. The van der Waals surface area contributed by atoms with Gasteiger partial charge in [0.2, 0.25) is 5.91 Å². The molecular weight excluding hydrogens is 412 g/mol. The minimum Gasteiger partial charge on any atom is -0.325 e. The van der Waals surface area contributed by atoms with Crippen LogP contribution < -0.4 is 16.6 Å². The summed E-state index contributed by atoms with van der Waals surface area (Å²) in [5.41, 5.74) is 3.32. The largest absolute Gasteiger partial charge is 0.332 e. The van der Waals surface area contributed by atoms with Crippen molar-refractivity contribution in [3.05, 3.63) is 61.9 Å². The van der Waals surface area contributed by atoms with E-state index in [1.165, 1.54) is 23.4 Å². The van der Waals surface area contributed by atoms with Gasteiger partial charge in [-0.15, -0.1) is 11.8 Å². The lowest BCUT2D eigenvalue weighted by atomic mass is 10.0. The number of pyridine rings is 1. The molecule has 1 amide bonds. The molecule has 0 saturated carbocycles. The fraction of sp³-hybridized carbons (Fsp3) is 0.391. The summed E-state index contributed by atoms with van der Waals surface area (Å²) in [6.45, 7) is 8.14. The van der Waals surface area contributed by atoms with E-state index in [2.05, 4.69) is 24.1 Å². The second-order valence-electron chi connectivity index (χ2n) is 8.33. The number of benzene rings is 1. The van der Waals surface area contributed by atoms with Crippen LogP contribution in [0.1, 0.15) is 30.5 Å². The zero-order chi connectivity index (χ0) is 22.9. The normalized spacial score (nSPS) is 11.3. The molecule has 1 aromatic carbocycles. The van der Waals surface area contributed by atoms with Gasteiger partial charge in [0.15, 0.2) is 0 Å². The first-order valence-electron chi connectivity index (χ1n) is 10.2. The minimum absolute atomic E-state index is 0.142. The van der Waals surface area contributed by atoms with Crippen LogP contribution in [-0.2, 0) is 25.3 Å². The van der Waals surface area contributed by atoms with Crippen LogP contribution in [-0.4, -0.2) is 25.8 Å². The van der Waals surface area contributed by atoms with Gasteiger partial charge >= 0.3 is 5.69 Å². The SMILES string of the molecule is Cc1cc(C)cc(NC(=O)CSc2c(CC(C)C)cnc3c2c(=O)n(C)c(=O)n3C)c1. The highest BCUT2D eigenvalue weighted by Crippen LogP contribution is 2.30. The summed E-state index contributed by atoms with van der Waals surface area (Å²) in [5.74, 6) is 0.333. The van der Waals surface area contributed by atoms with Gasteiger partial charge in [0, 0.05) is 30.9 Å². The molecule has 0 spiro atoms. The molecule has 0 atom stereocenters.